The average Bonchev–Trinajstić information content (AvgIpc) is 2.64. The second kappa shape index (κ2) is 9.27. The molecule has 2 aromatic carbocycles. The number of nitrogens with one attached hydrogen (secondary N) is 1. The third kappa shape index (κ3) is 4.78. The van der Waals surface area contributed by atoms with Crippen LogP contribution in [-0.2, 0) is 4.79 Å². The van der Waals surface area contributed by atoms with Crippen LogP contribution in [0.3, 0.4) is 0 Å². The standard InChI is InChI=1S/C22H29NO3/c1-6-18(17-13-12-15(3)14-16(17)4)23-22(24)19(7-2)26-21-11-9-8-10-20(21)25-5/h8-14,18-19H,6-7H2,1-5H3,(H,23,24)/t18-,19+/m1/s1. The fourth-order valence-electron chi connectivity index (χ4n) is 3.07. The van der Waals surface area contributed by atoms with Gasteiger partial charge in [-0.1, -0.05) is 49.7 Å². The lowest BCUT2D eigenvalue weighted by Gasteiger charge is -2.24. The molecule has 4 nitrogen and oxygen atoms in total. The molecule has 1 amide bonds. The number of para-hydroxylation sites is 2. The molecule has 0 aromatic heterocycles. The molecule has 0 saturated heterocycles. The van der Waals surface area contributed by atoms with E-state index in [1.165, 1.54) is 11.1 Å². The highest BCUT2D eigenvalue weighted by molar-refractivity contribution is 5.81. The first kappa shape index (κ1) is 19.8. The van der Waals surface area contributed by atoms with Gasteiger partial charge in [0.2, 0.25) is 0 Å². The quantitative estimate of drug-likeness (QED) is 0.744. The summed E-state index contributed by atoms with van der Waals surface area (Å²) in [6.45, 7) is 8.17. The number of rotatable bonds is 8. The van der Waals surface area contributed by atoms with Gasteiger partial charge < -0.3 is 14.8 Å². The minimum absolute atomic E-state index is 0.0292. The molecule has 0 bridgehead atoms. The highest BCUT2D eigenvalue weighted by Crippen LogP contribution is 2.28. The molecular formula is C22H29NO3. The van der Waals surface area contributed by atoms with E-state index in [4.69, 9.17) is 9.47 Å². The predicted octanol–water partition coefficient (Wildman–Crippen LogP) is 4.74. The number of hydrogen-bond donors (Lipinski definition) is 1. The van der Waals surface area contributed by atoms with Gasteiger partial charge in [-0.2, -0.15) is 0 Å². The van der Waals surface area contributed by atoms with Crippen molar-refractivity contribution in [2.24, 2.45) is 0 Å². The molecule has 0 saturated carbocycles. The molecule has 0 fully saturated rings. The van der Waals surface area contributed by atoms with E-state index in [1.807, 2.05) is 31.2 Å². The number of aryl methyl sites for hydroxylation is 2. The Hall–Kier alpha value is -2.49. The summed E-state index contributed by atoms with van der Waals surface area (Å²) in [5.41, 5.74) is 3.56. The molecule has 0 aliphatic rings. The molecule has 140 valence electrons. The van der Waals surface area contributed by atoms with Gasteiger partial charge in [-0.3, -0.25) is 4.79 Å². The van der Waals surface area contributed by atoms with Crippen LogP contribution in [0.4, 0.5) is 0 Å². The summed E-state index contributed by atoms with van der Waals surface area (Å²) in [5, 5.41) is 3.15. The maximum absolute atomic E-state index is 12.8. The minimum atomic E-state index is -0.564. The van der Waals surface area contributed by atoms with Crippen molar-refractivity contribution in [2.45, 2.75) is 52.7 Å². The summed E-state index contributed by atoms with van der Waals surface area (Å²) in [7, 11) is 1.59. The zero-order valence-electron chi connectivity index (χ0n) is 16.3. The molecule has 4 heteroatoms. The van der Waals surface area contributed by atoms with Gasteiger partial charge in [-0.05, 0) is 49.9 Å². The zero-order valence-corrected chi connectivity index (χ0v) is 16.3. The lowest BCUT2D eigenvalue weighted by molar-refractivity contribution is -0.129. The molecule has 2 aromatic rings. The molecule has 0 unspecified atom stereocenters. The average molecular weight is 355 g/mol. The van der Waals surface area contributed by atoms with Gasteiger partial charge in [0.25, 0.3) is 5.91 Å². The van der Waals surface area contributed by atoms with Gasteiger partial charge in [-0.25, -0.2) is 0 Å². The van der Waals surface area contributed by atoms with Crippen molar-refractivity contribution in [3.05, 3.63) is 59.2 Å². The number of ether oxygens (including phenoxy) is 2. The van der Waals surface area contributed by atoms with Gasteiger partial charge in [0, 0.05) is 0 Å². The molecular weight excluding hydrogens is 326 g/mol. The monoisotopic (exact) mass is 355 g/mol. The molecule has 1 N–H and O–H groups in total. The van der Waals surface area contributed by atoms with Crippen LogP contribution in [0.25, 0.3) is 0 Å². The predicted molar refractivity (Wildman–Crippen MR) is 105 cm³/mol. The Labute approximate surface area is 156 Å². The van der Waals surface area contributed by atoms with Crippen molar-refractivity contribution >= 4 is 5.91 Å². The van der Waals surface area contributed by atoms with Crippen LogP contribution in [0.5, 0.6) is 11.5 Å². The number of carbonyl (C=O) groups excluding carboxylic acids is 1. The Bertz CT molecular complexity index is 742. The van der Waals surface area contributed by atoms with E-state index in [1.54, 1.807) is 7.11 Å². The molecule has 0 heterocycles. The number of methoxy groups -OCH3 is 1. The van der Waals surface area contributed by atoms with E-state index in [0.29, 0.717) is 17.9 Å². The van der Waals surface area contributed by atoms with Crippen LogP contribution in [0.15, 0.2) is 42.5 Å². The third-order valence-corrected chi connectivity index (χ3v) is 4.53. The summed E-state index contributed by atoms with van der Waals surface area (Å²) < 4.78 is 11.3. The van der Waals surface area contributed by atoms with Gasteiger partial charge in [0.1, 0.15) is 0 Å². The summed E-state index contributed by atoms with van der Waals surface area (Å²) >= 11 is 0. The normalized spacial score (nSPS) is 13.0. The summed E-state index contributed by atoms with van der Waals surface area (Å²) in [4.78, 5) is 12.8. The minimum Gasteiger partial charge on any atom is -0.493 e. The maximum atomic E-state index is 12.8. The number of carbonyl (C=O) groups is 1. The Morgan fingerprint density at radius 3 is 2.31 bits per heavy atom. The van der Waals surface area contributed by atoms with Crippen LogP contribution in [0.2, 0.25) is 0 Å². The Morgan fingerprint density at radius 2 is 1.73 bits per heavy atom. The van der Waals surface area contributed by atoms with E-state index < -0.39 is 6.10 Å². The molecule has 0 aliphatic carbocycles. The van der Waals surface area contributed by atoms with E-state index in [9.17, 15) is 4.79 Å². The largest absolute Gasteiger partial charge is 0.493 e. The van der Waals surface area contributed by atoms with E-state index in [0.717, 1.165) is 12.0 Å². The van der Waals surface area contributed by atoms with Crippen molar-refractivity contribution < 1.29 is 14.3 Å². The highest BCUT2D eigenvalue weighted by atomic mass is 16.5. The fraction of sp³-hybridized carbons (Fsp3) is 0.409. The topological polar surface area (TPSA) is 47.6 Å². The smallest absolute Gasteiger partial charge is 0.261 e. The van der Waals surface area contributed by atoms with Crippen LogP contribution in [-0.4, -0.2) is 19.1 Å². The van der Waals surface area contributed by atoms with Gasteiger partial charge in [0.05, 0.1) is 13.2 Å². The van der Waals surface area contributed by atoms with Gasteiger partial charge in [-0.15, -0.1) is 0 Å². The number of benzene rings is 2. The molecule has 0 radical (unpaired) electrons. The Kier molecular flexibility index (Phi) is 7.07. The summed E-state index contributed by atoms with van der Waals surface area (Å²) in [6, 6.07) is 13.7. The zero-order chi connectivity index (χ0) is 19.1. The first-order chi connectivity index (χ1) is 12.5. The fourth-order valence-corrected chi connectivity index (χ4v) is 3.07. The second-order valence-electron chi connectivity index (χ2n) is 6.50. The van der Waals surface area contributed by atoms with Crippen LogP contribution in [0, 0.1) is 13.8 Å². The van der Waals surface area contributed by atoms with E-state index in [-0.39, 0.29) is 11.9 Å². The summed E-state index contributed by atoms with van der Waals surface area (Å²) in [6.07, 6.45) is 0.833. The van der Waals surface area contributed by atoms with Gasteiger partial charge in [0.15, 0.2) is 17.6 Å². The van der Waals surface area contributed by atoms with Crippen LogP contribution >= 0.6 is 0 Å². The third-order valence-electron chi connectivity index (χ3n) is 4.53. The number of amides is 1. The molecule has 2 atom stereocenters. The van der Waals surface area contributed by atoms with Crippen molar-refractivity contribution in [3.8, 4) is 11.5 Å². The Balaban J connectivity index is 2.14. The molecule has 0 spiro atoms. The van der Waals surface area contributed by atoms with Gasteiger partial charge >= 0.3 is 0 Å². The van der Waals surface area contributed by atoms with Crippen LogP contribution in [0.1, 0.15) is 49.4 Å². The first-order valence-corrected chi connectivity index (χ1v) is 9.17. The molecule has 2 rings (SSSR count). The molecule has 26 heavy (non-hydrogen) atoms. The second-order valence-corrected chi connectivity index (χ2v) is 6.50. The van der Waals surface area contributed by atoms with Crippen LogP contribution < -0.4 is 14.8 Å². The lowest BCUT2D eigenvalue weighted by atomic mass is 9.97. The molecule has 0 aliphatic heterocycles. The van der Waals surface area contributed by atoms with Crippen molar-refractivity contribution in [1.82, 2.24) is 5.32 Å². The van der Waals surface area contributed by atoms with Crippen molar-refractivity contribution in [2.75, 3.05) is 7.11 Å². The van der Waals surface area contributed by atoms with Crippen molar-refractivity contribution in [3.63, 3.8) is 0 Å². The van der Waals surface area contributed by atoms with Crippen molar-refractivity contribution in [1.29, 1.82) is 0 Å². The van der Waals surface area contributed by atoms with E-state index in [2.05, 4.69) is 44.3 Å². The highest BCUT2D eigenvalue weighted by Gasteiger charge is 2.23. The Morgan fingerprint density at radius 1 is 1.04 bits per heavy atom. The first-order valence-electron chi connectivity index (χ1n) is 9.17. The number of hydrogen-bond acceptors (Lipinski definition) is 3. The summed E-state index contributed by atoms with van der Waals surface area (Å²) in [5.74, 6) is 1.10. The SMILES string of the molecule is CC[C@H](Oc1ccccc1OC)C(=O)N[C@H](CC)c1ccc(C)cc1C. The maximum Gasteiger partial charge on any atom is 0.261 e. The van der Waals surface area contributed by atoms with E-state index >= 15 is 0 Å². The lowest BCUT2D eigenvalue weighted by Crippen LogP contribution is -2.40.